The minimum atomic E-state index is -2.26. The van der Waals surface area contributed by atoms with Crippen LogP contribution in [0, 0.1) is 23.6 Å². The Balaban J connectivity index is 1.39. The molecule has 2 heterocycles. The number of amides is 4. The van der Waals surface area contributed by atoms with Crippen molar-refractivity contribution in [2.24, 2.45) is 17.8 Å². The summed E-state index contributed by atoms with van der Waals surface area (Å²) in [5, 5.41) is 31.2. The van der Waals surface area contributed by atoms with E-state index < -0.39 is 80.1 Å². The predicted octanol–water partition coefficient (Wildman–Crippen LogP) is 5.10. The molecule has 2 saturated heterocycles. The van der Waals surface area contributed by atoms with E-state index in [2.05, 4.69) is 0 Å². The Bertz CT molecular complexity index is 2020. The van der Waals surface area contributed by atoms with Crippen LogP contribution in [-0.4, -0.2) is 61.3 Å². The molecular weight excluding hydrogens is 682 g/mol. The van der Waals surface area contributed by atoms with E-state index >= 15 is 0 Å². The number of aromatic hydroxyl groups is 2. The fraction of sp³-hybridized carbons (Fsp3) is 0.286. The van der Waals surface area contributed by atoms with Gasteiger partial charge in [0, 0.05) is 17.5 Å². The molecule has 49 heavy (non-hydrogen) atoms. The number of carbonyl (C=O) groups excluding carboxylic acids is 4. The lowest BCUT2D eigenvalue weighted by Crippen LogP contribution is -2.60. The minimum absolute atomic E-state index is 0.00891. The number of benzene rings is 3. The molecule has 3 N–H and O–H groups in total. The van der Waals surface area contributed by atoms with E-state index in [0.29, 0.717) is 5.57 Å². The summed E-state index contributed by atoms with van der Waals surface area (Å²) in [6.07, 6.45) is 1.35. The van der Waals surface area contributed by atoms with E-state index in [9.17, 15) is 43.7 Å². The number of para-hydroxylation sites is 1. The molecule has 14 heteroatoms. The van der Waals surface area contributed by atoms with Crippen molar-refractivity contribution in [3.05, 3.63) is 89.3 Å². The monoisotopic (exact) mass is 708 g/mol. The standard InChI is InChI=1S/C35H27Cl2FN2O9/c1-2-49-25-5-3-4-22(28(25)42)27-19-12-13-21-26(30(44)39(29(21)43)18-10-11-20(31(45)46)24(41)14-18)23(19)15-34(36)32(47)40(33(48)35(27,34)37)17-8-6-16(38)7-9-17/h3-12,14,21,23,26-27,41-42H,2,13,15H2,1H3,(H,45,46). The molecule has 7 rings (SSSR count). The lowest BCUT2D eigenvalue weighted by atomic mass is 9.56. The summed E-state index contributed by atoms with van der Waals surface area (Å²) < 4.78 is 19.5. The maximum atomic E-state index is 14.5. The third-order valence-electron chi connectivity index (χ3n) is 10.0. The molecule has 0 radical (unpaired) electrons. The van der Waals surface area contributed by atoms with Gasteiger partial charge >= 0.3 is 5.97 Å². The number of allylic oxidation sites excluding steroid dienone is 2. The van der Waals surface area contributed by atoms with Gasteiger partial charge in [-0.15, -0.1) is 23.2 Å². The first-order chi connectivity index (χ1) is 23.3. The summed E-state index contributed by atoms with van der Waals surface area (Å²) in [4.78, 5) is 65.6. The van der Waals surface area contributed by atoms with Gasteiger partial charge < -0.3 is 20.1 Å². The van der Waals surface area contributed by atoms with Gasteiger partial charge in [-0.25, -0.2) is 19.0 Å². The summed E-state index contributed by atoms with van der Waals surface area (Å²) in [7, 11) is 0. The zero-order chi connectivity index (χ0) is 35.2. The van der Waals surface area contributed by atoms with Gasteiger partial charge in [-0.05, 0) is 68.1 Å². The van der Waals surface area contributed by atoms with Crippen LogP contribution in [0.2, 0.25) is 0 Å². The maximum Gasteiger partial charge on any atom is 0.339 e. The number of carboxylic acid groups (broad SMARTS) is 1. The highest BCUT2D eigenvalue weighted by Gasteiger charge is 2.77. The number of hydrogen-bond acceptors (Lipinski definition) is 8. The van der Waals surface area contributed by atoms with Gasteiger partial charge in [-0.2, -0.15) is 0 Å². The van der Waals surface area contributed by atoms with Gasteiger partial charge in [0.15, 0.2) is 21.2 Å². The molecule has 6 unspecified atom stereocenters. The fourth-order valence-electron chi connectivity index (χ4n) is 7.88. The fourth-order valence-corrected chi connectivity index (χ4v) is 8.81. The number of phenolic OH excluding ortho intramolecular Hbond substituents is 1. The lowest BCUT2D eigenvalue weighted by molar-refractivity contribution is -0.125. The van der Waals surface area contributed by atoms with Crippen LogP contribution in [-0.2, 0) is 19.2 Å². The average Bonchev–Trinajstić information content (AvgIpc) is 3.40. The number of fused-ring (bicyclic) bond motifs is 4. The van der Waals surface area contributed by atoms with E-state index in [-0.39, 0.29) is 47.9 Å². The number of anilines is 2. The highest BCUT2D eigenvalue weighted by Crippen LogP contribution is 2.67. The van der Waals surface area contributed by atoms with Crippen molar-refractivity contribution < 1.29 is 48.4 Å². The zero-order valence-corrected chi connectivity index (χ0v) is 27.1. The van der Waals surface area contributed by atoms with Crippen molar-refractivity contribution in [1.82, 2.24) is 0 Å². The van der Waals surface area contributed by atoms with Gasteiger partial charge in [-0.3, -0.25) is 19.2 Å². The molecule has 0 aromatic heterocycles. The number of phenols is 2. The number of alkyl halides is 2. The molecule has 0 bridgehead atoms. The zero-order valence-electron chi connectivity index (χ0n) is 25.6. The largest absolute Gasteiger partial charge is 0.507 e. The Morgan fingerprint density at radius 1 is 0.939 bits per heavy atom. The van der Waals surface area contributed by atoms with E-state index in [1.807, 2.05) is 0 Å². The number of halogens is 3. The van der Waals surface area contributed by atoms with Crippen molar-refractivity contribution in [3.8, 4) is 17.2 Å². The molecule has 3 aromatic rings. The molecule has 4 aliphatic rings. The molecule has 3 fully saturated rings. The van der Waals surface area contributed by atoms with Crippen LogP contribution in [0.3, 0.4) is 0 Å². The van der Waals surface area contributed by atoms with Crippen LogP contribution in [0.4, 0.5) is 15.8 Å². The SMILES string of the molecule is CCOc1cccc(C2C3=CCC4C(=O)N(c5ccc(C(=O)O)c(O)c5)C(=O)C4C3CC3(Cl)C(=O)N(c4ccc(F)cc4)C(=O)C23Cl)c1O. The first kappa shape index (κ1) is 32.6. The van der Waals surface area contributed by atoms with E-state index in [0.717, 1.165) is 34.1 Å². The van der Waals surface area contributed by atoms with Crippen molar-refractivity contribution >= 4 is 64.2 Å². The summed E-state index contributed by atoms with van der Waals surface area (Å²) in [5.41, 5.74) is 0.0430. The topological polar surface area (TPSA) is 162 Å². The van der Waals surface area contributed by atoms with Crippen LogP contribution >= 0.6 is 23.2 Å². The van der Waals surface area contributed by atoms with E-state index in [4.69, 9.17) is 27.9 Å². The molecule has 3 aromatic carbocycles. The Morgan fingerprint density at radius 2 is 1.63 bits per heavy atom. The van der Waals surface area contributed by atoms with E-state index in [1.165, 1.54) is 30.3 Å². The quantitative estimate of drug-likeness (QED) is 0.180. The molecule has 6 atom stereocenters. The summed E-state index contributed by atoms with van der Waals surface area (Å²) in [5.74, 6) is -10.4. The molecule has 1 saturated carbocycles. The number of imide groups is 2. The average molecular weight is 710 g/mol. The number of rotatable bonds is 6. The second-order valence-electron chi connectivity index (χ2n) is 12.4. The number of carboxylic acids is 1. The van der Waals surface area contributed by atoms with Crippen LogP contribution in [0.1, 0.15) is 41.6 Å². The summed E-state index contributed by atoms with van der Waals surface area (Å²) >= 11 is 14.7. The third kappa shape index (κ3) is 4.43. The highest BCUT2D eigenvalue weighted by atomic mass is 35.5. The Kier molecular flexibility index (Phi) is 7.53. The van der Waals surface area contributed by atoms with Crippen molar-refractivity contribution in [2.45, 2.75) is 35.4 Å². The number of ether oxygens (including phenoxy) is 1. The molecule has 11 nitrogen and oxygen atoms in total. The van der Waals surface area contributed by atoms with Crippen LogP contribution in [0.5, 0.6) is 17.2 Å². The van der Waals surface area contributed by atoms with Crippen LogP contribution in [0.15, 0.2) is 72.3 Å². The molecule has 2 aliphatic heterocycles. The van der Waals surface area contributed by atoms with Crippen molar-refractivity contribution in [3.63, 3.8) is 0 Å². The van der Waals surface area contributed by atoms with Gasteiger partial charge in [0.1, 0.15) is 17.1 Å². The Labute approximate surface area is 288 Å². The normalized spacial score (nSPS) is 29.0. The molecule has 252 valence electrons. The molecular formula is C35H27Cl2FN2O9. The first-order valence-electron chi connectivity index (χ1n) is 15.4. The summed E-state index contributed by atoms with van der Waals surface area (Å²) in [6.45, 7) is 1.90. The van der Waals surface area contributed by atoms with Crippen molar-refractivity contribution in [1.29, 1.82) is 0 Å². The number of aromatic carboxylic acids is 1. The van der Waals surface area contributed by atoms with Gasteiger partial charge in [0.25, 0.3) is 11.8 Å². The Morgan fingerprint density at radius 3 is 2.29 bits per heavy atom. The molecule has 4 amide bonds. The van der Waals surface area contributed by atoms with Crippen LogP contribution < -0.4 is 14.5 Å². The van der Waals surface area contributed by atoms with Crippen LogP contribution in [0.25, 0.3) is 0 Å². The smallest absolute Gasteiger partial charge is 0.339 e. The first-order valence-corrected chi connectivity index (χ1v) is 16.1. The minimum Gasteiger partial charge on any atom is -0.507 e. The Hall–Kier alpha value is -4.94. The van der Waals surface area contributed by atoms with Gasteiger partial charge in [0.05, 0.1) is 29.8 Å². The predicted molar refractivity (Wildman–Crippen MR) is 173 cm³/mol. The third-order valence-corrected chi connectivity index (χ3v) is 11.4. The number of nitrogens with zero attached hydrogens (tertiary/aromatic N) is 2. The number of carbonyl (C=O) groups is 5. The number of hydrogen-bond donors (Lipinski definition) is 3. The van der Waals surface area contributed by atoms with E-state index in [1.54, 1.807) is 19.1 Å². The van der Waals surface area contributed by atoms with Crippen molar-refractivity contribution in [2.75, 3.05) is 16.4 Å². The second kappa shape index (κ2) is 11.3. The maximum absolute atomic E-state index is 14.5. The molecule has 0 spiro atoms. The summed E-state index contributed by atoms with van der Waals surface area (Å²) in [6, 6.07) is 12.5. The van der Waals surface area contributed by atoms with Gasteiger partial charge in [0.2, 0.25) is 11.8 Å². The highest BCUT2D eigenvalue weighted by molar-refractivity contribution is 6.58. The van der Waals surface area contributed by atoms with Gasteiger partial charge in [-0.1, -0.05) is 23.8 Å². The lowest BCUT2D eigenvalue weighted by Gasteiger charge is -2.50. The molecule has 2 aliphatic carbocycles. The second-order valence-corrected chi connectivity index (χ2v) is 13.6.